The van der Waals surface area contributed by atoms with Gasteiger partial charge < -0.3 is 20.0 Å². The molecule has 8 heteroatoms. The molecule has 0 aromatic heterocycles. The van der Waals surface area contributed by atoms with Crippen molar-refractivity contribution in [2.75, 3.05) is 39.8 Å². The maximum absolute atomic E-state index is 12.6. The number of imide groups is 1. The summed E-state index contributed by atoms with van der Waals surface area (Å²) in [5.74, 6) is 0.591. The molecule has 2 unspecified atom stereocenters. The highest BCUT2D eigenvalue weighted by molar-refractivity contribution is 6.03. The fraction of sp³-hybridized carbons (Fsp3) is 0.526. The Labute approximate surface area is 159 Å². The first-order valence-electron chi connectivity index (χ1n) is 9.57. The Morgan fingerprint density at radius 3 is 2.63 bits per heavy atom. The van der Waals surface area contributed by atoms with Gasteiger partial charge in [-0.15, -0.1) is 0 Å². The summed E-state index contributed by atoms with van der Waals surface area (Å²) in [4.78, 5) is 35.3. The maximum atomic E-state index is 12.6. The number of guanidine groups is 1. The minimum absolute atomic E-state index is 0.253. The van der Waals surface area contributed by atoms with Gasteiger partial charge in [0.2, 0.25) is 0 Å². The van der Waals surface area contributed by atoms with Crippen molar-refractivity contribution in [3.8, 4) is 0 Å². The van der Waals surface area contributed by atoms with Crippen molar-refractivity contribution in [1.29, 1.82) is 0 Å². The number of rotatable bonds is 4. The standard InChI is InChI=1S/C19H26N6O2/c1-23-16-15(17(26)22-19(23)27)25(11-5-8-14-6-3-2-4-7-14)18(21-16)24-12-9-20-10-13-24/h2-4,6-7,15-16,20H,5,8-13H2,1H3,(H,22,26,27). The lowest BCUT2D eigenvalue weighted by molar-refractivity contribution is -0.127. The number of nitrogens with one attached hydrogen (secondary N) is 2. The summed E-state index contributed by atoms with van der Waals surface area (Å²) in [6.07, 6.45) is 1.41. The number of fused-ring (bicyclic) bond motifs is 1. The van der Waals surface area contributed by atoms with Crippen LogP contribution in [-0.2, 0) is 11.2 Å². The van der Waals surface area contributed by atoms with Gasteiger partial charge in [-0.1, -0.05) is 30.3 Å². The van der Waals surface area contributed by atoms with Gasteiger partial charge in [0.25, 0.3) is 5.91 Å². The van der Waals surface area contributed by atoms with Crippen molar-refractivity contribution < 1.29 is 9.59 Å². The number of carbonyl (C=O) groups is 2. The molecule has 0 spiro atoms. The minimum atomic E-state index is -0.451. The highest BCUT2D eigenvalue weighted by Crippen LogP contribution is 2.26. The van der Waals surface area contributed by atoms with Crippen LogP contribution in [0.15, 0.2) is 35.3 Å². The summed E-state index contributed by atoms with van der Waals surface area (Å²) in [6, 6.07) is 9.52. The predicted octanol–water partition coefficient (Wildman–Crippen LogP) is 0.0723. The quantitative estimate of drug-likeness (QED) is 0.784. The second kappa shape index (κ2) is 7.56. The Morgan fingerprint density at radius 1 is 1.15 bits per heavy atom. The van der Waals surface area contributed by atoms with Crippen molar-refractivity contribution >= 4 is 17.9 Å². The molecule has 2 atom stereocenters. The van der Waals surface area contributed by atoms with Gasteiger partial charge in [-0.05, 0) is 18.4 Å². The number of aryl methyl sites for hydroxylation is 1. The van der Waals surface area contributed by atoms with Crippen LogP contribution < -0.4 is 10.6 Å². The number of nitrogens with zero attached hydrogens (tertiary/aromatic N) is 4. The summed E-state index contributed by atoms with van der Waals surface area (Å²) in [7, 11) is 1.70. The summed E-state index contributed by atoms with van der Waals surface area (Å²) < 4.78 is 0. The largest absolute Gasteiger partial charge is 0.340 e. The Hall–Kier alpha value is -2.61. The Morgan fingerprint density at radius 2 is 1.89 bits per heavy atom. The van der Waals surface area contributed by atoms with E-state index < -0.39 is 12.2 Å². The molecule has 27 heavy (non-hydrogen) atoms. The zero-order valence-corrected chi connectivity index (χ0v) is 15.6. The molecule has 0 bridgehead atoms. The lowest BCUT2D eigenvalue weighted by Gasteiger charge is -2.38. The summed E-state index contributed by atoms with van der Waals surface area (Å²) in [5.41, 5.74) is 1.29. The Balaban J connectivity index is 1.52. The van der Waals surface area contributed by atoms with Crippen LogP contribution in [0.1, 0.15) is 12.0 Å². The monoisotopic (exact) mass is 370 g/mol. The molecule has 2 N–H and O–H groups in total. The fourth-order valence-electron chi connectivity index (χ4n) is 3.98. The molecule has 1 aromatic rings. The Bertz CT molecular complexity index is 731. The second-order valence-electron chi connectivity index (χ2n) is 7.21. The number of hydrogen-bond donors (Lipinski definition) is 2. The van der Waals surface area contributed by atoms with Gasteiger partial charge in [0.15, 0.2) is 18.2 Å². The zero-order valence-electron chi connectivity index (χ0n) is 15.6. The van der Waals surface area contributed by atoms with Gasteiger partial charge in [-0.25, -0.2) is 9.79 Å². The van der Waals surface area contributed by atoms with Crippen LogP contribution in [0.4, 0.5) is 4.79 Å². The molecule has 144 valence electrons. The molecule has 0 radical (unpaired) electrons. The third-order valence-corrected chi connectivity index (χ3v) is 5.45. The number of benzene rings is 1. The minimum Gasteiger partial charge on any atom is -0.340 e. The highest BCUT2D eigenvalue weighted by Gasteiger charge is 2.49. The lowest BCUT2D eigenvalue weighted by atomic mass is 10.1. The van der Waals surface area contributed by atoms with Gasteiger partial charge in [0.05, 0.1) is 0 Å². The Kier molecular flexibility index (Phi) is 4.98. The van der Waals surface area contributed by atoms with E-state index in [9.17, 15) is 9.59 Å². The number of carbonyl (C=O) groups excluding carboxylic acids is 2. The van der Waals surface area contributed by atoms with E-state index in [4.69, 9.17) is 4.99 Å². The van der Waals surface area contributed by atoms with Crippen LogP contribution >= 0.6 is 0 Å². The third kappa shape index (κ3) is 3.49. The number of aliphatic imine (C=N–C) groups is 1. The lowest BCUT2D eigenvalue weighted by Crippen LogP contribution is -2.64. The van der Waals surface area contributed by atoms with Crippen molar-refractivity contribution in [2.24, 2.45) is 4.99 Å². The van der Waals surface area contributed by atoms with Crippen LogP contribution in [0.25, 0.3) is 0 Å². The first-order valence-corrected chi connectivity index (χ1v) is 9.57. The van der Waals surface area contributed by atoms with Crippen LogP contribution in [0.2, 0.25) is 0 Å². The third-order valence-electron chi connectivity index (χ3n) is 5.45. The zero-order chi connectivity index (χ0) is 18.8. The van der Waals surface area contributed by atoms with E-state index in [2.05, 4.69) is 32.6 Å². The molecular weight excluding hydrogens is 344 g/mol. The van der Waals surface area contributed by atoms with E-state index in [1.54, 1.807) is 7.05 Å². The number of hydrogen-bond acceptors (Lipinski definition) is 6. The van der Waals surface area contributed by atoms with Gasteiger partial charge in [0.1, 0.15) is 0 Å². The first-order chi connectivity index (χ1) is 13.1. The molecule has 3 amide bonds. The highest BCUT2D eigenvalue weighted by atomic mass is 16.2. The summed E-state index contributed by atoms with van der Waals surface area (Å²) in [5, 5.41) is 5.81. The summed E-state index contributed by atoms with van der Waals surface area (Å²) >= 11 is 0. The maximum Gasteiger partial charge on any atom is 0.325 e. The van der Waals surface area contributed by atoms with E-state index in [-0.39, 0.29) is 11.9 Å². The van der Waals surface area contributed by atoms with Crippen LogP contribution in [0, 0.1) is 0 Å². The molecule has 3 aliphatic heterocycles. The normalized spacial score (nSPS) is 25.4. The number of piperazine rings is 1. The van der Waals surface area contributed by atoms with Crippen LogP contribution in [0.3, 0.4) is 0 Å². The first kappa shape index (κ1) is 17.8. The molecule has 0 aliphatic carbocycles. The molecule has 0 saturated carbocycles. The average Bonchev–Trinajstić information content (AvgIpc) is 3.08. The van der Waals surface area contributed by atoms with Crippen molar-refractivity contribution in [2.45, 2.75) is 25.0 Å². The number of likely N-dealkylation sites (N-methyl/N-ethyl adjacent to an activating group) is 1. The molecule has 4 rings (SSSR count). The molecule has 2 fully saturated rings. The van der Waals surface area contributed by atoms with Crippen molar-refractivity contribution in [3.63, 3.8) is 0 Å². The number of amides is 3. The van der Waals surface area contributed by atoms with E-state index in [1.807, 2.05) is 18.2 Å². The van der Waals surface area contributed by atoms with E-state index in [0.717, 1.165) is 51.5 Å². The van der Waals surface area contributed by atoms with Gasteiger partial charge >= 0.3 is 6.03 Å². The van der Waals surface area contributed by atoms with Crippen LogP contribution in [0.5, 0.6) is 0 Å². The molecule has 3 aliphatic rings. The average molecular weight is 370 g/mol. The molecule has 1 aromatic carbocycles. The van der Waals surface area contributed by atoms with E-state index >= 15 is 0 Å². The number of urea groups is 1. The molecular formula is C19H26N6O2. The SMILES string of the molecule is CN1C(=O)NC(=O)C2C1N=C(N1CCNCC1)N2CCCc1ccccc1. The van der Waals surface area contributed by atoms with Crippen LogP contribution in [-0.4, -0.2) is 84.6 Å². The molecule has 8 nitrogen and oxygen atoms in total. The predicted molar refractivity (Wildman–Crippen MR) is 102 cm³/mol. The van der Waals surface area contributed by atoms with Crippen molar-refractivity contribution in [1.82, 2.24) is 25.3 Å². The topological polar surface area (TPSA) is 80.3 Å². The van der Waals surface area contributed by atoms with Gasteiger partial charge in [-0.3, -0.25) is 10.1 Å². The van der Waals surface area contributed by atoms with E-state index in [1.165, 1.54) is 10.5 Å². The summed E-state index contributed by atoms with van der Waals surface area (Å²) in [6.45, 7) is 4.23. The van der Waals surface area contributed by atoms with Gasteiger partial charge in [-0.2, -0.15) is 0 Å². The van der Waals surface area contributed by atoms with Crippen molar-refractivity contribution in [3.05, 3.63) is 35.9 Å². The second-order valence-corrected chi connectivity index (χ2v) is 7.21. The molecule has 2 saturated heterocycles. The van der Waals surface area contributed by atoms with E-state index in [0.29, 0.717) is 0 Å². The molecule has 3 heterocycles. The smallest absolute Gasteiger partial charge is 0.325 e. The van der Waals surface area contributed by atoms with Gasteiger partial charge in [0, 0.05) is 39.8 Å². The fourth-order valence-corrected chi connectivity index (χ4v) is 3.98.